The van der Waals surface area contributed by atoms with E-state index in [1.54, 1.807) is 11.0 Å². The molecule has 1 saturated carbocycles. The number of benzene rings is 1. The van der Waals surface area contributed by atoms with Crippen LogP contribution in [0.15, 0.2) is 24.3 Å². The molecule has 5 heteroatoms. The SMILES string of the molecule is COC(=O)CN(C(=O)c1cccc(N(C)C)c1)C1CCCC1. The predicted molar refractivity (Wildman–Crippen MR) is 86.1 cm³/mol. The van der Waals surface area contributed by atoms with Crippen molar-refractivity contribution >= 4 is 17.6 Å². The molecular weight excluding hydrogens is 280 g/mol. The van der Waals surface area contributed by atoms with E-state index in [-0.39, 0.29) is 24.5 Å². The maximum absolute atomic E-state index is 12.9. The van der Waals surface area contributed by atoms with Gasteiger partial charge >= 0.3 is 5.97 Å². The maximum Gasteiger partial charge on any atom is 0.325 e. The van der Waals surface area contributed by atoms with Crippen LogP contribution >= 0.6 is 0 Å². The number of carbonyl (C=O) groups is 2. The lowest BCUT2D eigenvalue weighted by Crippen LogP contribution is -2.42. The highest BCUT2D eigenvalue weighted by atomic mass is 16.5. The van der Waals surface area contributed by atoms with Gasteiger partial charge in [-0.25, -0.2) is 0 Å². The minimum Gasteiger partial charge on any atom is -0.468 e. The molecule has 0 N–H and O–H groups in total. The Hall–Kier alpha value is -2.04. The molecule has 0 saturated heterocycles. The molecule has 1 fully saturated rings. The average Bonchev–Trinajstić information content (AvgIpc) is 3.05. The zero-order valence-electron chi connectivity index (χ0n) is 13.5. The van der Waals surface area contributed by atoms with Gasteiger partial charge < -0.3 is 14.5 Å². The summed E-state index contributed by atoms with van der Waals surface area (Å²) >= 11 is 0. The molecule has 1 amide bonds. The molecule has 2 rings (SSSR count). The Kier molecular flexibility index (Phi) is 5.41. The molecule has 1 aliphatic rings. The lowest BCUT2D eigenvalue weighted by Gasteiger charge is -2.28. The molecule has 0 spiro atoms. The van der Waals surface area contributed by atoms with Crippen molar-refractivity contribution in [3.8, 4) is 0 Å². The number of hydrogen-bond acceptors (Lipinski definition) is 4. The van der Waals surface area contributed by atoms with Crippen LogP contribution in [0.4, 0.5) is 5.69 Å². The summed E-state index contributed by atoms with van der Waals surface area (Å²) in [6.07, 6.45) is 4.12. The first-order valence-corrected chi connectivity index (χ1v) is 7.68. The Labute approximate surface area is 131 Å². The molecule has 1 aromatic carbocycles. The van der Waals surface area contributed by atoms with Crippen molar-refractivity contribution in [1.82, 2.24) is 4.90 Å². The summed E-state index contributed by atoms with van der Waals surface area (Å²) in [5.41, 5.74) is 1.58. The van der Waals surface area contributed by atoms with Crippen LogP contribution in [0, 0.1) is 0 Å². The number of anilines is 1. The van der Waals surface area contributed by atoms with Crippen LogP contribution in [0.2, 0.25) is 0 Å². The smallest absolute Gasteiger partial charge is 0.325 e. The highest BCUT2D eigenvalue weighted by Crippen LogP contribution is 2.25. The zero-order valence-corrected chi connectivity index (χ0v) is 13.5. The Morgan fingerprint density at radius 1 is 1.23 bits per heavy atom. The van der Waals surface area contributed by atoms with Gasteiger partial charge in [-0.3, -0.25) is 9.59 Å². The largest absolute Gasteiger partial charge is 0.468 e. The summed E-state index contributed by atoms with van der Waals surface area (Å²) in [5, 5.41) is 0. The standard InChI is InChI=1S/C17H24N2O3/c1-18(2)15-10-6-7-13(11-15)17(21)19(12-16(20)22-3)14-8-4-5-9-14/h6-7,10-11,14H,4-5,8-9,12H2,1-3H3. The van der Waals surface area contributed by atoms with Gasteiger partial charge in [0.1, 0.15) is 6.54 Å². The van der Waals surface area contributed by atoms with Gasteiger partial charge in [0, 0.05) is 31.4 Å². The normalized spacial score (nSPS) is 14.7. The third-order valence-electron chi connectivity index (χ3n) is 4.16. The first kappa shape index (κ1) is 16.3. The molecule has 0 atom stereocenters. The van der Waals surface area contributed by atoms with Crippen LogP contribution in [0.3, 0.4) is 0 Å². The number of methoxy groups -OCH3 is 1. The third kappa shape index (κ3) is 3.78. The fourth-order valence-electron chi connectivity index (χ4n) is 2.87. The van der Waals surface area contributed by atoms with Crippen molar-refractivity contribution in [1.29, 1.82) is 0 Å². The fraction of sp³-hybridized carbons (Fsp3) is 0.529. The second kappa shape index (κ2) is 7.29. The Balaban J connectivity index is 2.23. The van der Waals surface area contributed by atoms with E-state index in [0.29, 0.717) is 5.56 Å². The summed E-state index contributed by atoms with van der Waals surface area (Å²) in [7, 11) is 5.23. The summed E-state index contributed by atoms with van der Waals surface area (Å²) in [5.74, 6) is -0.468. The molecule has 5 nitrogen and oxygen atoms in total. The van der Waals surface area contributed by atoms with Crippen molar-refractivity contribution in [3.63, 3.8) is 0 Å². The lowest BCUT2D eigenvalue weighted by atomic mass is 10.1. The summed E-state index contributed by atoms with van der Waals surface area (Å²) in [6, 6.07) is 7.62. The molecule has 0 unspecified atom stereocenters. The van der Waals surface area contributed by atoms with E-state index in [1.807, 2.05) is 37.2 Å². The summed E-state index contributed by atoms with van der Waals surface area (Å²) < 4.78 is 4.75. The van der Waals surface area contributed by atoms with Gasteiger partial charge in [0.05, 0.1) is 7.11 Å². The second-order valence-electron chi connectivity index (χ2n) is 5.89. The number of hydrogen-bond donors (Lipinski definition) is 0. The number of ether oxygens (including phenoxy) is 1. The third-order valence-corrected chi connectivity index (χ3v) is 4.16. The minimum atomic E-state index is -0.371. The molecule has 0 radical (unpaired) electrons. The van der Waals surface area contributed by atoms with E-state index in [9.17, 15) is 9.59 Å². The van der Waals surface area contributed by atoms with Gasteiger partial charge in [0.25, 0.3) is 5.91 Å². The van der Waals surface area contributed by atoms with Gasteiger partial charge in [-0.2, -0.15) is 0 Å². The number of nitrogens with zero attached hydrogens (tertiary/aromatic N) is 2. The summed E-state index contributed by atoms with van der Waals surface area (Å²) in [4.78, 5) is 28.2. The van der Waals surface area contributed by atoms with Crippen molar-refractivity contribution in [2.45, 2.75) is 31.7 Å². The van der Waals surface area contributed by atoms with Crippen molar-refractivity contribution < 1.29 is 14.3 Å². The van der Waals surface area contributed by atoms with Gasteiger partial charge in [0.15, 0.2) is 0 Å². The van der Waals surface area contributed by atoms with Crippen LogP contribution in [0.1, 0.15) is 36.0 Å². The van der Waals surface area contributed by atoms with E-state index in [1.165, 1.54) is 7.11 Å². The maximum atomic E-state index is 12.9. The van der Waals surface area contributed by atoms with Gasteiger partial charge in [0.2, 0.25) is 0 Å². The number of amides is 1. The second-order valence-corrected chi connectivity index (χ2v) is 5.89. The number of esters is 1. The fourth-order valence-corrected chi connectivity index (χ4v) is 2.87. The molecule has 1 aromatic rings. The monoisotopic (exact) mass is 304 g/mol. The highest BCUT2D eigenvalue weighted by Gasteiger charge is 2.29. The molecule has 1 aliphatic carbocycles. The molecular formula is C17H24N2O3. The Morgan fingerprint density at radius 2 is 1.91 bits per heavy atom. The highest BCUT2D eigenvalue weighted by molar-refractivity contribution is 5.97. The topological polar surface area (TPSA) is 49.9 Å². The minimum absolute atomic E-state index is 0.0200. The summed E-state index contributed by atoms with van der Waals surface area (Å²) in [6.45, 7) is 0.0200. The van der Waals surface area contributed by atoms with E-state index in [2.05, 4.69) is 0 Å². The van der Waals surface area contributed by atoms with Crippen LogP contribution in [0.5, 0.6) is 0 Å². The van der Waals surface area contributed by atoms with Gasteiger partial charge in [-0.05, 0) is 31.0 Å². The number of rotatable bonds is 5. The first-order chi connectivity index (χ1) is 10.5. The first-order valence-electron chi connectivity index (χ1n) is 7.68. The zero-order chi connectivity index (χ0) is 16.1. The van der Waals surface area contributed by atoms with E-state index in [4.69, 9.17) is 4.74 Å². The molecule has 22 heavy (non-hydrogen) atoms. The molecule has 120 valence electrons. The van der Waals surface area contributed by atoms with Gasteiger partial charge in [-0.15, -0.1) is 0 Å². The molecule has 0 aliphatic heterocycles. The van der Waals surface area contributed by atoms with E-state index >= 15 is 0 Å². The van der Waals surface area contributed by atoms with Crippen molar-refractivity contribution in [2.24, 2.45) is 0 Å². The predicted octanol–water partition coefficient (Wildman–Crippen LogP) is 2.31. The van der Waals surface area contributed by atoms with Crippen molar-refractivity contribution in [2.75, 3.05) is 32.6 Å². The molecule has 0 aromatic heterocycles. The van der Waals surface area contributed by atoms with E-state index in [0.717, 1.165) is 31.4 Å². The van der Waals surface area contributed by atoms with Crippen LogP contribution in [-0.2, 0) is 9.53 Å². The average molecular weight is 304 g/mol. The number of carbonyl (C=O) groups excluding carboxylic acids is 2. The lowest BCUT2D eigenvalue weighted by molar-refractivity contribution is -0.141. The quantitative estimate of drug-likeness (QED) is 0.783. The van der Waals surface area contributed by atoms with E-state index < -0.39 is 0 Å². The van der Waals surface area contributed by atoms with Crippen LogP contribution < -0.4 is 4.90 Å². The Bertz CT molecular complexity index is 536. The van der Waals surface area contributed by atoms with Crippen LogP contribution in [0.25, 0.3) is 0 Å². The Morgan fingerprint density at radius 3 is 2.50 bits per heavy atom. The van der Waals surface area contributed by atoms with Gasteiger partial charge in [-0.1, -0.05) is 18.9 Å². The molecule has 0 heterocycles. The molecule has 0 bridgehead atoms. The van der Waals surface area contributed by atoms with Crippen molar-refractivity contribution in [3.05, 3.63) is 29.8 Å². The van der Waals surface area contributed by atoms with Crippen LogP contribution in [-0.4, -0.2) is 50.6 Å².